The van der Waals surface area contributed by atoms with Crippen LogP contribution in [0.15, 0.2) is 42.6 Å². The van der Waals surface area contributed by atoms with E-state index in [0.717, 1.165) is 21.0 Å². The number of thiazole rings is 1. The molecule has 28 heavy (non-hydrogen) atoms. The van der Waals surface area contributed by atoms with Gasteiger partial charge in [-0.1, -0.05) is 41.7 Å². The van der Waals surface area contributed by atoms with Crippen LogP contribution in [0.5, 0.6) is 0 Å². The van der Waals surface area contributed by atoms with Crippen LogP contribution < -0.4 is 17.0 Å². The van der Waals surface area contributed by atoms with Crippen molar-refractivity contribution in [2.75, 3.05) is 5.73 Å². The number of nitrogen functional groups attached to an aromatic ring is 2. The molecular formula is C19H15N7OS. The van der Waals surface area contributed by atoms with Crippen LogP contribution in [0, 0.1) is 6.92 Å². The maximum Gasteiger partial charge on any atom is 0.269 e. The number of benzene rings is 2. The van der Waals surface area contributed by atoms with Gasteiger partial charge in [-0.3, -0.25) is 10.2 Å². The molecule has 1 amide bonds. The van der Waals surface area contributed by atoms with Crippen LogP contribution in [-0.2, 0) is 0 Å². The molecule has 0 radical (unpaired) electrons. The number of fused-ring (bicyclic) bond motifs is 4. The number of aromatic nitrogens is 4. The predicted molar refractivity (Wildman–Crippen MR) is 110 cm³/mol. The lowest BCUT2D eigenvalue weighted by Gasteiger charge is -2.08. The Balaban J connectivity index is 1.76. The number of hydrazine groups is 1. The van der Waals surface area contributed by atoms with Gasteiger partial charge >= 0.3 is 0 Å². The average molecular weight is 389 g/mol. The van der Waals surface area contributed by atoms with Gasteiger partial charge in [-0.2, -0.15) is 9.78 Å². The van der Waals surface area contributed by atoms with E-state index in [0.29, 0.717) is 27.5 Å². The molecule has 0 fully saturated rings. The number of amides is 1. The summed E-state index contributed by atoms with van der Waals surface area (Å²) in [6.45, 7) is 1.71. The first-order valence-electron chi connectivity index (χ1n) is 8.52. The second-order valence-corrected chi connectivity index (χ2v) is 7.39. The molecule has 8 nitrogen and oxygen atoms in total. The minimum absolute atomic E-state index is 0.254. The molecule has 2 aromatic carbocycles. The van der Waals surface area contributed by atoms with Crippen molar-refractivity contribution in [1.82, 2.24) is 25.2 Å². The van der Waals surface area contributed by atoms with E-state index in [9.17, 15) is 4.79 Å². The van der Waals surface area contributed by atoms with Gasteiger partial charge in [0.1, 0.15) is 0 Å². The number of carbonyl (C=O) groups is 1. The average Bonchev–Trinajstić information content (AvgIpc) is 3.31. The number of nitrogens with zero attached hydrogens (tertiary/aromatic N) is 4. The molecule has 0 atom stereocenters. The molecule has 9 heteroatoms. The summed E-state index contributed by atoms with van der Waals surface area (Å²) in [6.07, 6.45) is 1.59. The van der Waals surface area contributed by atoms with Crippen molar-refractivity contribution in [2.24, 2.45) is 5.84 Å². The van der Waals surface area contributed by atoms with Crippen LogP contribution in [-0.4, -0.2) is 25.7 Å². The first-order chi connectivity index (χ1) is 13.6. The summed E-state index contributed by atoms with van der Waals surface area (Å²) < 4.78 is 2.71. The maximum absolute atomic E-state index is 12.0. The highest BCUT2D eigenvalue weighted by atomic mass is 32.1. The SMILES string of the molecule is Cc1nc2c(cnn2-c2nc3c(ccc4ccccc43)s2)c(N)c1C(=O)NN. The van der Waals surface area contributed by atoms with Gasteiger partial charge in [0.05, 0.1) is 38.7 Å². The Bertz CT molecular complexity index is 1400. The zero-order valence-electron chi connectivity index (χ0n) is 14.8. The predicted octanol–water partition coefficient (Wildman–Crippen LogP) is 2.68. The van der Waals surface area contributed by atoms with Crippen molar-refractivity contribution < 1.29 is 4.79 Å². The molecular weight excluding hydrogens is 374 g/mol. The first-order valence-corrected chi connectivity index (χ1v) is 9.33. The van der Waals surface area contributed by atoms with Crippen LogP contribution in [0.3, 0.4) is 0 Å². The van der Waals surface area contributed by atoms with Crippen molar-refractivity contribution in [2.45, 2.75) is 6.92 Å². The van der Waals surface area contributed by atoms with Gasteiger partial charge in [0, 0.05) is 5.39 Å². The number of pyridine rings is 1. The number of rotatable bonds is 2. The number of anilines is 1. The summed E-state index contributed by atoms with van der Waals surface area (Å²) in [5.41, 5.74) is 10.8. The van der Waals surface area contributed by atoms with Crippen LogP contribution in [0.2, 0.25) is 0 Å². The van der Waals surface area contributed by atoms with Crippen molar-refractivity contribution in [3.8, 4) is 5.13 Å². The fraction of sp³-hybridized carbons (Fsp3) is 0.0526. The molecule has 5 rings (SSSR count). The van der Waals surface area contributed by atoms with E-state index in [-0.39, 0.29) is 5.56 Å². The molecule has 0 aliphatic rings. The third kappa shape index (κ3) is 2.27. The number of hydrogen-bond donors (Lipinski definition) is 3. The molecule has 0 spiro atoms. The van der Waals surface area contributed by atoms with Crippen LogP contribution >= 0.6 is 11.3 Å². The smallest absolute Gasteiger partial charge is 0.269 e. The molecule has 0 bridgehead atoms. The van der Waals surface area contributed by atoms with Crippen LogP contribution in [0.1, 0.15) is 16.1 Å². The van der Waals surface area contributed by atoms with Gasteiger partial charge in [0.15, 0.2) is 5.65 Å². The molecule has 3 heterocycles. The zero-order valence-corrected chi connectivity index (χ0v) is 15.6. The summed E-state index contributed by atoms with van der Waals surface area (Å²) in [4.78, 5) is 21.4. The molecule has 5 N–H and O–H groups in total. The molecule has 0 unspecified atom stereocenters. The Morgan fingerprint density at radius 1 is 1.14 bits per heavy atom. The highest BCUT2D eigenvalue weighted by Gasteiger charge is 2.21. The number of hydrogen-bond acceptors (Lipinski definition) is 7. The Kier molecular flexibility index (Phi) is 3.54. The van der Waals surface area contributed by atoms with Gasteiger partial charge in [0.25, 0.3) is 5.91 Å². The lowest BCUT2D eigenvalue weighted by molar-refractivity contribution is 0.0953. The van der Waals surface area contributed by atoms with E-state index in [4.69, 9.17) is 16.6 Å². The van der Waals surface area contributed by atoms with Crippen molar-refractivity contribution in [3.05, 3.63) is 53.9 Å². The lowest BCUT2D eigenvalue weighted by Crippen LogP contribution is -2.31. The summed E-state index contributed by atoms with van der Waals surface area (Å²) >= 11 is 1.52. The number of nitrogens with two attached hydrogens (primary N) is 2. The second-order valence-electron chi connectivity index (χ2n) is 6.38. The number of nitrogens with one attached hydrogen (secondary N) is 1. The first kappa shape index (κ1) is 16.6. The van der Waals surface area contributed by atoms with E-state index < -0.39 is 5.91 Å². The van der Waals surface area contributed by atoms with Gasteiger partial charge in [-0.25, -0.2) is 15.8 Å². The standard InChI is InChI=1S/C19H15N7OS/c1-9-14(18(27)25-21)15(20)12-8-22-26(17(12)23-9)19-24-16-11-5-3-2-4-10(11)6-7-13(16)28-19/h2-8H,21H2,1H3,(H2,20,23)(H,25,27). The summed E-state index contributed by atoms with van der Waals surface area (Å²) in [7, 11) is 0. The van der Waals surface area contributed by atoms with E-state index in [1.807, 2.05) is 12.1 Å². The zero-order chi connectivity index (χ0) is 19.4. The molecule has 0 aliphatic carbocycles. The van der Waals surface area contributed by atoms with Gasteiger partial charge < -0.3 is 5.73 Å². The van der Waals surface area contributed by atoms with E-state index >= 15 is 0 Å². The Labute approximate surface area is 162 Å². The second kappa shape index (κ2) is 5.98. The molecule has 0 saturated carbocycles. The van der Waals surface area contributed by atoms with Gasteiger partial charge in [0.2, 0.25) is 5.13 Å². The Morgan fingerprint density at radius 3 is 2.79 bits per heavy atom. The fourth-order valence-electron chi connectivity index (χ4n) is 3.42. The monoisotopic (exact) mass is 389 g/mol. The van der Waals surface area contributed by atoms with Crippen molar-refractivity contribution in [1.29, 1.82) is 0 Å². The minimum Gasteiger partial charge on any atom is -0.397 e. The third-order valence-electron chi connectivity index (χ3n) is 4.75. The van der Waals surface area contributed by atoms with E-state index in [1.54, 1.807) is 17.8 Å². The quantitative estimate of drug-likeness (QED) is 0.242. The minimum atomic E-state index is -0.483. The number of aryl methyl sites for hydroxylation is 1. The molecule has 138 valence electrons. The fourth-order valence-corrected chi connectivity index (χ4v) is 4.36. The van der Waals surface area contributed by atoms with Gasteiger partial charge in [-0.15, -0.1) is 0 Å². The summed E-state index contributed by atoms with van der Waals surface area (Å²) in [5, 5.41) is 7.91. The largest absolute Gasteiger partial charge is 0.397 e. The summed E-state index contributed by atoms with van der Waals surface area (Å²) in [5.74, 6) is 4.78. The molecule has 0 saturated heterocycles. The van der Waals surface area contributed by atoms with Crippen LogP contribution in [0.25, 0.3) is 37.2 Å². The van der Waals surface area contributed by atoms with Crippen molar-refractivity contribution >= 4 is 55.0 Å². The van der Waals surface area contributed by atoms with E-state index in [1.165, 1.54) is 11.3 Å². The number of carbonyl (C=O) groups excluding carboxylic acids is 1. The third-order valence-corrected chi connectivity index (χ3v) is 5.75. The summed E-state index contributed by atoms with van der Waals surface area (Å²) in [6, 6.07) is 12.3. The molecule has 5 aromatic rings. The molecule has 3 aromatic heterocycles. The Morgan fingerprint density at radius 2 is 1.96 bits per heavy atom. The Hall–Kier alpha value is -3.56. The van der Waals surface area contributed by atoms with Crippen molar-refractivity contribution in [3.63, 3.8) is 0 Å². The van der Waals surface area contributed by atoms with E-state index in [2.05, 4.69) is 39.8 Å². The van der Waals surface area contributed by atoms with Crippen LogP contribution in [0.4, 0.5) is 5.69 Å². The van der Waals surface area contributed by atoms with Gasteiger partial charge in [-0.05, 0) is 18.4 Å². The topological polar surface area (TPSA) is 125 Å². The molecule has 0 aliphatic heterocycles. The highest BCUT2D eigenvalue weighted by molar-refractivity contribution is 7.21. The normalized spacial score (nSPS) is 11.5. The highest BCUT2D eigenvalue weighted by Crippen LogP contribution is 2.33. The lowest BCUT2D eigenvalue weighted by atomic mass is 10.1. The maximum atomic E-state index is 12.0.